The highest BCUT2D eigenvalue weighted by Crippen LogP contribution is 2.27. The molecule has 106 valence electrons. The molecule has 3 rings (SSSR count). The van der Waals surface area contributed by atoms with Gasteiger partial charge in [-0.15, -0.1) is 15.0 Å². The van der Waals surface area contributed by atoms with E-state index < -0.39 is 0 Å². The zero-order chi connectivity index (χ0) is 14.8. The summed E-state index contributed by atoms with van der Waals surface area (Å²) in [7, 11) is 0. The van der Waals surface area contributed by atoms with Crippen LogP contribution in [0.15, 0.2) is 36.4 Å². The van der Waals surface area contributed by atoms with E-state index in [0.717, 1.165) is 5.56 Å². The minimum absolute atomic E-state index is 0.0446. The van der Waals surface area contributed by atoms with Gasteiger partial charge in [-0.3, -0.25) is 4.79 Å². The summed E-state index contributed by atoms with van der Waals surface area (Å²) in [6.45, 7) is -0.0446. The Morgan fingerprint density at radius 2 is 1.81 bits per heavy atom. The third-order valence-electron chi connectivity index (χ3n) is 3.21. The molecule has 0 spiro atoms. The smallest absolute Gasteiger partial charge is 0.153 e. The summed E-state index contributed by atoms with van der Waals surface area (Å²) in [4.78, 5) is 12.4. The van der Waals surface area contributed by atoms with Gasteiger partial charge in [-0.25, -0.2) is 0 Å². The van der Waals surface area contributed by atoms with Crippen molar-refractivity contribution in [2.75, 3.05) is 6.61 Å². The number of carbonyl (C=O) groups is 1. The van der Waals surface area contributed by atoms with Gasteiger partial charge in [-0.1, -0.05) is 12.1 Å². The number of fused-ring (bicyclic) bond motifs is 1. The van der Waals surface area contributed by atoms with Gasteiger partial charge in [0.05, 0.1) is 5.56 Å². The molecule has 0 radical (unpaired) electrons. The number of rotatable bonds is 4. The average Bonchev–Trinajstić information content (AvgIpc) is 2.92. The van der Waals surface area contributed by atoms with E-state index in [2.05, 4.69) is 10.2 Å². The highest BCUT2D eigenvalue weighted by molar-refractivity contribution is 5.82. The van der Waals surface area contributed by atoms with Gasteiger partial charge in [-0.2, -0.15) is 0 Å². The lowest BCUT2D eigenvalue weighted by Gasteiger charge is -2.08. The highest BCUT2D eigenvalue weighted by Gasteiger charge is 2.14. The summed E-state index contributed by atoms with van der Waals surface area (Å²) in [6, 6.07) is 10.5. The minimum Gasteiger partial charge on any atom is -0.505 e. The molecule has 0 bridgehead atoms. The summed E-state index contributed by atoms with van der Waals surface area (Å²) in [5.74, 6) is -0.174. The van der Waals surface area contributed by atoms with Crippen LogP contribution >= 0.6 is 0 Å². The van der Waals surface area contributed by atoms with E-state index >= 15 is 0 Å². The van der Waals surface area contributed by atoms with Crippen LogP contribution in [0.25, 0.3) is 16.7 Å². The largest absolute Gasteiger partial charge is 0.505 e. The first kappa shape index (κ1) is 13.3. The van der Waals surface area contributed by atoms with E-state index in [1.807, 2.05) is 24.3 Å². The summed E-state index contributed by atoms with van der Waals surface area (Å²) in [6.07, 6.45) is 0.956. The van der Waals surface area contributed by atoms with Gasteiger partial charge in [0.15, 0.2) is 12.0 Å². The summed E-state index contributed by atoms with van der Waals surface area (Å²) < 4.78 is 0. The topological polar surface area (TPSA) is 88.2 Å². The Hall–Kier alpha value is -2.73. The molecular formula is C15H13N3O3. The van der Waals surface area contributed by atoms with Crippen LogP contribution in [-0.4, -0.2) is 38.1 Å². The molecule has 21 heavy (non-hydrogen) atoms. The molecule has 1 heterocycles. The number of benzene rings is 2. The molecule has 0 fully saturated rings. The molecular weight excluding hydrogens is 270 g/mol. The lowest BCUT2D eigenvalue weighted by Crippen LogP contribution is -2.03. The number of aldehydes is 1. The highest BCUT2D eigenvalue weighted by atomic mass is 16.3. The predicted octanol–water partition coefficient (Wildman–Crippen LogP) is 1.47. The fourth-order valence-electron chi connectivity index (χ4n) is 2.18. The number of hydrogen-bond acceptors (Lipinski definition) is 5. The fourth-order valence-corrected chi connectivity index (χ4v) is 2.18. The summed E-state index contributed by atoms with van der Waals surface area (Å²) in [5, 5.41) is 27.8. The molecule has 0 aliphatic heterocycles. The van der Waals surface area contributed by atoms with Gasteiger partial charge in [0.2, 0.25) is 0 Å². The van der Waals surface area contributed by atoms with Crippen LogP contribution in [0.2, 0.25) is 0 Å². The van der Waals surface area contributed by atoms with Crippen LogP contribution in [0.1, 0.15) is 15.9 Å². The molecule has 0 saturated heterocycles. The molecule has 3 aromatic rings. The van der Waals surface area contributed by atoms with Crippen LogP contribution < -0.4 is 0 Å². The maximum absolute atomic E-state index is 11.1. The first-order valence-electron chi connectivity index (χ1n) is 6.47. The van der Waals surface area contributed by atoms with Crippen LogP contribution in [0.3, 0.4) is 0 Å². The number of hydrogen-bond donors (Lipinski definition) is 2. The Balaban J connectivity index is 2.19. The van der Waals surface area contributed by atoms with Crippen molar-refractivity contribution in [2.24, 2.45) is 0 Å². The second-order valence-electron chi connectivity index (χ2n) is 4.62. The van der Waals surface area contributed by atoms with Crippen molar-refractivity contribution in [1.82, 2.24) is 15.0 Å². The van der Waals surface area contributed by atoms with Gasteiger partial charge in [-0.05, 0) is 36.2 Å². The molecule has 1 aromatic heterocycles. The standard InChI is InChI=1S/C15H13N3O3/c19-6-5-10-7-11(9-20)15(21)14(8-10)18-16-12-3-1-2-4-13(12)17-18/h1-4,7-9,19,21H,5-6H2. The SMILES string of the molecule is O=Cc1cc(CCO)cc(-n2nc3ccccc3n2)c1O. The number of aliphatic hydroxyl groups is 1. The zero-order valence-corrected chi connectivity index (χ0v) is 11.1. The maximum Gasteiger partial charge on any atom is 0.153 e. The van der Waals surface area contributed by atoms with E-state index in [9.17, 15) is 9.90 Å². The molecule has 0 atom stereocenters. The number of aliphatic hydroxyl groups excluding tert-OH is 1. The van der Waals surface area contributed by atoms with Crippen molar-refractivity contribution >= 4 is 17.3 Å². The Morgan fingerprint density at radius 3 is 2.38 bits per heavy atom. The van der Waals surface area contributed by atoms with E-state index in [0.29, 0.717) is 29.4 Å². The fraction of sp³-hybridized carbons (Fsp3) is 0.133. The monoisotopic (exact) mass is 283 g/mol. The Kier molecular flexibility index (Phi) is 3.37. The zero-order valence-electron chi connectivity index (χ0n) is 11.1. The van der Waals surface area contributed by atoms with Crippen LogP contribution in [0.5, 0.6) is 5.75 Å². The first-order valence-corrected chi connectivity index (χ1v) is 6.47. The molecule has 2 aromatic carbocycles. The van der Waals surface area contributed by atoms with Gasteiger partial charge in [0.25, 0.3) is 0 Å². The number of carbonyl (C=O) groups excluding carboxylic acids is 1. The van der Waals surface area contributed by atoms with E-state index in [1.54, 1.807) is 12.1 Å². The normalized spacial score (nSPS) is 10.9. The third-order valence-corrected chi connectivity index (χ3v) is 3.21. The van der Waals surface area contributed by atoms with E-state index in [-0.39, 0.29) is 17.9 Å². The van der Waals surface area contributed by atoms with Crippen LogP contribution in [0.4, 0.5) is 0 Å². The van der Waals surface area contributed by atoms with E-state index in [4.69, 9.17) is 5.11 Å². The summed E-state index contributed by atoms with van der Waals surface area (Å²) in [5.41, 5.74) is 2.58. The average molecular weight is 283 g/mol. The van der Waals surface area contributed by atoms with Gasteiger partial charge < -0.3 is 10.2 Å². The second kappa shape index (κ2) is 5.34. The maximum atomic E-state index is 11.1. The van der Waals surface area contributed by atoms with Crippen molar-refractivity contribution in [1.29, 1.82) is 0 Å². The van der Waals surface area contributed by atoms with Crippen LogP contribution in [-0.2, 0) is 6.42 Å². The molecule has 0 aliphatic rings. The molecule has 6 nitrogen and oxygen atoms in total. The number of phenolic OH excluding ortho intramolecular Hbond substituents is 1. The predicted molar refractivity (Wildman–Crippen MR) is 76.7 cm³/mol. The number of phenols is 1. The molecule has 0 unspecified atom stereocenters. The first-order chi connectivity index (χ1) is 10.2. The molecule has 6 heteroatoms. The number of aromatic hydroxyl groups is 1. The Bertz CT molecular complexity index is 778. The van der Waals surface area contributed by atoms with Crippen molar-refractivity contribution in [3.8, 4) is 11.4 Å². The van der Waals surface area contributed by atoms with E-state index in [1.165, 1.54) is 4.80 Å². The number of aromatic nitrogens is 3. The molecule has 0 amide bonds. The molecule has 2 N–H and O–H groups in total. The third kappa shape index (κ3) is 2.36. The van der Waals surface area contributed by atoms with Crippen molar-refractivity contribution < 1.29 is 15.0 Å². The molecule has 0 saturated carbocycles. The van der Waals surface area contributed by atoms with Crippen molar-refractivity contribution in [3.05, 3.63) is 47.5 Å². The minimum atomic E-state index is -0.174. The second-order valence-corrected chi connectivity index (χ2v) is 4.62. The number of nitrogens with zero attached hydrogens (tertiary/aromatic N) is 3. The van der Waals surface area contributed by atoms with Crippen molar-refractivity contribution in [2.45, 2.75) is 6.42 Å². The quantitative estimate of drug-likeness (QED) is 0.708. The molecule has 0 aliphatic carbocycles. The lowest BCUT2D eigenvalue weighted by molar-refractivity contribution is 0.112. The van der Waals surface area contributed by atoms with Crippen molar-refractivity contribution in [3.63, 3.8) is 0 Å². The van der Waals surface area contributed by atoms with Crippen LogP contribution in [0, 0.1) is 0 Å². The van der Waals surface area contributed by atoms with Gasteiger partial charge in [0, 0.05) is 6.61 Å². The summed E-state index contributed by atoms with van der Waals surface area (Å²) >= 11 is 0. The Morgan fingerprint density at radius 1 is 1.14 bits per heavy atom. The Labute approximate surface area is 120 Å². The van der Waals surface area contributed by atoms with Gasteiger partial charge in [0.1, 0.15) is 16.7 Å². The van der Waals surface area contributed by atoms with Gasteiger partial charge >= 0.3 is 0 Å². The lowest BCUT2D eigenvalue weighted by atomic mass is 10.1.